The van der Waals surface area contributed by atoms with Gasteiger partial charge in [0.05, 0.1) is 18.5 Å². The summed E-state index contributed by atoms with van der Waals surface area (Å²) in [5.41, 5.74) is 3.57. The van der Waals surface area contributed by atoms with Crippen LogP contribution in [0.1, 0.15) is 17.5 Å². The minimum absolute atomic E-state index is 0.0233. The Kier molecular flexibility index (Phi) is 6.49. The predicted molar refractivity (Wildman–Crippen MR) is 118 cm³/mol. The Bertz CT molecular complexity index is 993. The number of nitrogens with zero attached hydrogens (tertiary/aromatic N) is 2. The second kappa shape index (κ2) is 8.88. The number of hydrogen-bond acceptors (Lipinski definition) is 5. The first-order valence-corrected chi connectivity index (χ1v) is 10.3. The van der Waals surface area contributed by atoms with Crippen molar-refractivity contribution in [3.8, 4) is 5.75 Å². The third-order valence-electron chi connectivity index (χ3n) is 4.66. The first-order valence-electron chi connectivity index (χ1n) is 9.02. The monoisotopic (exact) mass is 431 g/mol. The number of amides is 2. The summed E-state index contributed by atoms with van der Waals surface area (Å²) < 4.78 is 5.24. The highest BCUT2D eigenvalue weighted by atomic mass is 35.5. The van der Waals surface area contributed by atoms with Crippen LogP contribution in [-0.4, -0.2) is 41.3 Å². The van der Waals surface area contributed by atoms with E-state index in [1.165, 1.54) is 29.3 Å². The van der Waals surface area contributed by atoms with Crippen LogP contribution < -0.4 is 10.1 Å². The van der Waals surface area contributed by atoms with Crippen molar-refractivity contribution in [3.05, 3.63) is 52.5 Å². The van der Waals surface area contributed by atoms with E-state index in [4.69, 9.17) is 16.3 Å². The van der Waals surface area contributed by atoms with E-state index in [1.807, 2.05) is 32.0 Å². The molecule has 1 aliphatic heterocycles. The second-order valence-corrected chi connectivity index (χ2v) is 8.37. The lowest BCUT2D eigenvalue weighted by Crippen LogP contribution is -2.30. The van der Waals surface area contributed by atoms with Crippen LogP contribution in [0.2, 0.25) is 5.02 Å². The number of aryl methyl sites for hydroxylation is 2. The molecule has 3 rings (SSSR count). The molecule has 0 aromatic heterocycles. The number of thioether (sulfide) groups is 1. The number of hydrogen-bond donors (Lipinski definition) is 1. The molecule has 2 aromatic carbocycles. The third kappa shape index (κ3) is 4.92. The van der Waals surface area contributed by atoms with Crippen LogP contribution in [0.4, 0.5) is 11.4 Å². The fourth-order valence-corrected chi connectivity index (χ4v) is 4.18. The van der Waals surface area contributed by atoms with Gasteiger partial charge in [-0.25, -0.2) is 4.99 Å². The lowest BCUT2D eigenvalue weighted by molar-refractivity contribution is -0.127. The number of halogens is 1. The molecule has 0 saturated carbocycles. The molecule has 0 spiro atoms. The zero-order chi connectivity index (χ0) is 21.1. The molecule has 1 heterocycles. The lowest BCUT2D eigenvalue weighted by atomic mass is 10.1. The van der Waals surface area contributed by atoms with Crippen LogP contribution in [-0.2, 0) is 9.59 Å². The molecule has 0 bridgehead atoms. The largest absolute Gasteiger partial charge is 0.495 e. The average Bonchev–Trinajstić information content (AvgIpc) is 2.92. The SMILES string of the molecule is COc1ccc(Cl)cc1NC(=O)C[C@H]1SC(=Nc2ccc(C)c(C)c2)N(C)C1=O. The highest BCUT2D eigenvalue weighted by Gasteiger charge is 2.37. The van der Waals surface area contributed by atoms with Gasteiger partial charge in [0.2, 0.25) is 11.8 Å². The molecule has 6 nitrogen and oxygen atoms in total. The third-order valence-corrected chi connectivity index (χ3v) is 6.13. The Morgan fingerprint density at radius 3 is 2.69 bits per heavy atom. The smallest absolute Gasteiger partial charge is 0.242 e. The molecule has 1 N–H and O–H groups in total. The summed E-state index contributed by atoms with van der Waals surface area (Å²) in [6, 6.07) is 10.9. The number of benzene rings is 2. The number of rotatable bonds is 5. The van der Waals surface area contributed by atoms with Crippen LogP contribution in [0.5, 0.6) is 5.75 Å². The average molecular weight is 432 g/mol. The number of carbonyl (C=O) groups excluding carboxylic acids is 2. The van der Waals surface area contributed by atoms with E-state index < -0.39 is 5.25 Å². The maximum atomic E-state index is 12.6. The van der Waals surface area contributed by atoms with E-state index in [0.717, 1.165) is 11.3 Å². The van der Waals surface area contributed by atoms with Crippen molar-refractivity contribution in [3.63, 3.8) is 0 Å². The number of ether oxygens (including phenoxy) is 1. The summed E-state index contributed by atoms with van der Waals surface area (Å²) in [5, 5.41) is 3.30. The van der Waals surface area contributed by atoms with Crippen LogP contribution in [0, 0.1) is 13.8 Å². The molecular formula is C21H22ClN3O3S. The molecule has 2 aromatic rings. The Morgan fingerprint density at radius 2 is 2.00 bits per heavy atom. The number of amidine groups is 1. The summed E-state index contributed by atoms with van der Waals surface area (Å²) in [6.07, 6.45) is 0.0233. The van der Waals surface area contributed by atoms with Gasteiger partial charge in [-0.15, -0.1) is 0 Å². The van der Waals surface area contributed by atoms with Crippen molar-refractivity contribution >= 4 is 51.7 Å². The highest BCUT2D eigenvalue weighted by Crippen LogP contribution is 2.32. The molecule has 0 unspecified atom stereocenters. The zero-order valence-electron chi connectivity index (χ0n) is 16.7. The Morgan fingerprint density at radius 1 is 1.24 bits per heavy atom. The minimum atomic E-state index is -0.532. The Hall–Kier alpha value is -2.51. The van der Waals surface area contributed by atoms with E-state index in [-0.39, 0.29) is 18.2 Å². The summed E-state index contributed by atoms with van der Waals surface area (Å²) in [5.74, 6) is 0.0605. The van der Waals surface area contributed by atoms with Gasteiger partial charge in [-0.3, -0.25) is 14.5 Å². The van der Waals surface area contributed by atoms with E-state index in [0.29, 0.717) is 21.6 Å². The van der Waals surface area contributed by atoms with Gasteiger partial charge in [0.25, 0.3) is 0 Å². The van der Waals surface area contributed by atoms with Crippen molar-refractivity contribution in [1.82, 2.24) is 4.90 Å². The van der Waals surface area contributed by atoms with E-state index in [2.05, 4.69) is 10.3 Å². The van der Waals surface area contributed by atoms with Gasteiger partial charge in [-0.05, 0) is 55.3 Å². The predicted octanol–water partition coefficient (Wildman–Crippen LogP) is 4.56. The lowest BCUT2D eigenvalue weighted by Gasteiger charge is -2.12. The standard InChI is InChI=1S/C21H22ClN3O3S/c1-12-5-7-15(9-13(12)2)23-21-25(3)20(27)18(29-21)11-19(26)24-16-10-14(22)6-8-17(16)28-4/h5-10,18H,11H2,1-4H3,(H,24,26)/t18-/m1/s1. The molecule has 0 radical (unpaired) electrons. The summed E-state index contributed by atoms with van der Waals surface area (Å²) in [4.78, 5) is 31.2. The van der Waals surface area contributed by atoms with Crippen molar-refractivity contribution < 1.29 is 14.3 Å². The van der Waals surface area contributed by atoms with Crippen molar-refractivity contribution in [2.75, 3.05) is 19.5 Å². The maximum absolute atomic E-state index is 12.6. The fourth-order valence-electron chi connectivity index (χ4n) is 2.85. The molecule has 0 aliphatic carbocycles. The van der Waals surface area contributed by atoms with Gasteiger partial charge in [0.1, 0.15) is 11.0 Å². The molecule has 8 heteroatoms. The number of aliphatic imine (C=N–C) groups is 1. The molecule has 1 fully saturated rings. The first-order chi connectivity index (χ1) is 13.8. The normalized spacial score (nSPS) is 17.7. The van der Waals surface area contributed by atoms with Crippen LogP contribution >= 0.6 is 23.4 Å². The van der Waals surface area contributed by atoms with Gasteiger partial charge in [0, 0.05) is 18.5 Å². The summed E-state index contributed by atoms with van der Waals surface area (Å²) in [6.45, 7) is 4.06. The van der Waals surface area contributed by atoms with E-state index in [1.54, 1.807) is 25.2 Å². The van der Waals surface area contributed by atoms with Crippen LogP contribution in [0.25, 0.3) is 0 Å². The number of anilines is 1. The van der Waals surface area contributed by atoms with Crippen molar-refractivity contribution in [1.29, 1.82) is 0 Å². The zero-order valence-corrected chi connectivity index (χ0v) is 18.2. The van der Waals surface area contributed by atoms with Gasteiger partial charge in [-0.2, -0.15) is 0 Å². The first kappa shape index (κ1) is 21.2. The van der Waals surface area contributed by atoms with Gasteiger partial charge in [-0.1, -0.05) is 29.4 Å². The van der Waals surface area contributed by atoms with Gasteiger partial charge in [0.15, 0.2) is 5.17 Å². The van der Waals surface area contributed by atoms with E-state index >= 15 is 0 Å². The fraction of sp³-hybridized carbons (Fsp3) is 0.286. The minimum Gasteiger partial charge on any atom is -0.495 e. The quantitative estimate of drug-likeness (QED) is 0.753. The van der Waals surface area contributed by atoms with Crippen molar-refractivity contribution in [2.24, 2.45) is 4.99 Å². The van der Waals surface area contributed by atoms with Crippen molar-refractivity contribution in [2.45, 2.75) is 25.5 Å². The number of nitrogens with one attached hydrogen (secondary N) is 1. The molecule has 29 heavy (non-hydrogen) atoms. The maximum Gasteiger partial charge on any atom is 0.242 e. The Balaban J connectivity index is 1.71. The highest BCUT2D eigenvalue weighted by molar-refractivity contribution is 8.15. The molecule has 1 atom stereocenters. The molecule has 1 aliphatic rings. The van der Waals surface area contributed by atoms with Gasteiger partial charge >= 0.3 is 0 Å². The second-order valence-electron chi connectivity index (χ2n) is 6.76. The number of carbonyl (C=O) groups is 2. The van der Waals surface area contributed by atoms with Gasteiger partial charge < -0.3 is 10.1 Å². The van der Waals surface area contributed by atoms with Crippen LogP contribution in [0.3, 0.4) is 0 Å². The van der Waals surface area contributed by atoms with E-state index in [9.17, 15) is 9.59 Å². The molecule has 2 amide bonds. The number of methoxy groups -OCH3 is 1. The molecule has 152 valence electrons. The molecular weight excluding hydrogens is 410 g/mol. The summed E-state index contributed by atoms with van der Waals surface area (Å²) in [7, 11) is 3.19. The Labute approximate surface area is 179 Å². The molecule has 1 saturated heterocycles. The van der Waals surface area contributed by atoms with Crippen LogP contribution in [0.15, 0.2) is 41.4 Å². The summed E-state index contributed by atoms with van der Waals surface area (Å²) >= 11 is 7.29. The topological polar surface area (TPSA) is 71.0 Å².